The van der Waals surface area contributed by atoms with Crippen LogP contribution in [0.1, 0.15) is 38.5 Å². The minimum Gasteiger partial charge on any atom is -0.338 e. The van der Waals surface area contributed by atoms with Gasteiger partial charge >= 0.3 is 6.03 Å². The van der Waals surface area contributed by atoms with E-state index in [9.17, 15) is 13.2 Å². The number of carbonyl (C=O) groups is 1. The van der Waals surface area contributed by atoms with Crippen molar-refractivity contribution in [3.63, 3.8) is 0 Å². The van der Waals surface area contributed by atoms with Gasteiger partial charge in [0, 0.05) is 19.1 Å². The Hall–Kier alpha value is -0.780. The van der Waals surface area contributed by atoms with Gasteiger partial charge in [-0.05, 0) is 43.9 Å². The first-order valence-electron chi connectivity index (χ1n) is 7.80. The van der Waals surface area contributed by atoms with E-state index < -0.39 is 9.84 Å². The maximum Gasteiger partial charge on any atom is 0.317 e. The number of sulfone groups is 1. The van der Waals surface area contributed by atoms with E-state index in [4.69, 9.17) is 0 Å². The van der Waals surface area contributed by atoms with Crippen LogP contribution in [0.3, 0.4) is 0 Å². The van der Waals surface area contributed by atoms with Crippen molar-refractivity contribution >= 4 is 15.9 Å². The highest BCUT2D eigenvalue weighted by atomic mass is 32.2. The Morgan fingerprint density at radius 3 is 2.70 bits per heavy atom. The average molecular weight is 300 g/mol. The van der Waals surface area contributed by atoms with E-state index in [0.717, 1.165) is 19.4 Å². The van der Waals surface area contributed by atoms with E-state index in [1.807, 2.05) is 4.90 Å². The Bertz CT molecular complexity index is 477. The molecule has 0 radical (unpaired) electrons. The highest BCUT2D eigenvalue weighted by Crippen LogP contribution is 2.36. The molecule has 0 aromatic rings. The molecule has 20 heavy (non-hydrogen) atoms. The predicted molar refractivity (Wildman–Crippen MR) is 77.2 cm³/mol. The summed E-state index contributed by atoms with van der Waals surface area (Å²) < 4.78 is 22.8. The number of rotatable bonds is 2. The Labute approximate surface area is 121 Å². The van der Waals surface area contributed by atoms with E-state index in [1.165, 1.54) is 19.3 Å². The summed E-state index contributed by atoms with van der Waals surface area (Å²) in [5, 5.41) is 2.97. The number of hydrogen-bond donors (Lipinski definition) is 1. The van der Waals surface area contributed by atoms with Crippen LogP contribution in [0.4, 0.5) is 4.79 Å². The molecule has 0 bridgehead atoms. The van der Waals surface area contributed by atoms with Crippen LogP contribution in [0.25, 0.3) is 0 Å². The summed E-state index contributed by atoms with van der Waals surface area (Å²) in [6.45, 7) is 1.36. The van der Waals surface area contributed by atoms with Gasteiger partial charge in [-0.1, -0.05) is 6.42 Å². The van der Waals surface area contributed by atoms with Crippen molar-refractivity contribution in [3.05, 3.63) is 0 Å². The Balaban J connectivity index is 1.51. The number of nitrogens with one attached hydrogen (secondary N) is 1. The van der Waals surface area contributed by atoms with Gasteiger partial charge < -0.3 is 10.2 Å². The summed E-state index contributed by atoms with van der Waals surface area (Å²) in [6, 6.07) is 0.446. The molecule has 3 fully saturated rings. The van der Waals surface area contributed by atoms with Crippen LogP contribution >= 0.6 is 0 Å². The summed E-state index contributed by atoms with van der Waals surface area (Å²) in [7, 11) is -2.85. The largest absolute Gasteiger partial charge is 0.338 e. The second-order valence-electron chi connectivity index (χ2n) is 6.55. The molecule has 0 aromatic heterocycles. The summed E-state index contributed by atoms with van der Waals surface area (Å²) >= 11 is 0. The Kier molecular flexibility index (Phi) is 3.93. The average Bonchev–Trinajstić information content (AvgIpc) is 3.01. The van der Waals surface area contributed by atoms with E-state index >= 15 is 0 Å². The minimum atomic E-state index is -2.85. The zero-order chi connectivity index (χ0) is 14.2. The molecule has 2 heterocycles. The van der Waals surface area contributed by atoms with Crippen LogP contribution in [0.2, 0.25) is 0 Å². The van der Waals surface area contributed by atoms with Gasteiger partial charge in [-0.3, -0.25) is 0 Å². The van der Waals surface area contributed by atoms with Gasteiger partial charge in [0.1, 0.15) is 0 Å². The number of fused-ring (bicyclic) bond motifs is 1. The standard InChI is InChI=1S/C14H24N2O3S/c17-14(15-9-11-6-8-20(18,19)10-11)16-7-2-4-12-3-1-5-13(12)16/h11-13H,1-10H2,(H,15,17)/t11-,12+,13-/m0/s1. The van der Waals surface area contributed by atoms with Crippen molar-refractivity contribution in [1.29, 1.82) is 0 Å². The highest BCUT2D eigenvalue weighted by Gasteiger charge is 2.37. The molecule has 3 aliphatic rings. The van der Waals surface area contributed by atoms with Gasteiger partial charge in [0.05, 0.1) is 11.5 Å². The molecule has 114 valence electrons. The molecule has 1 N–H and O–H groups in total. The zero-order valence-electron chi connectivity index (χ0n) is 11.9. The van der Waals surface area contributed by atoms with Gasteiger partial charge in [-0.2, -0.15) is 0 Å². The lowest BCUT2D eigenvalue weighted by Gasteiger charge is -2.37. The maximum atomic E-state index is 12.3. The monoisotopic (exact) mass is 300 g/mol. The normalized spacial score (nSPS) is 35.8. The van der Waals surface area contributed by atoms with Crippen molar-refractivity contribution in [2.75, 3.05) is 24.6 Å². The second kappa shape index (κ2) is 5.54. The van der Waals surface area contributed by atoms with Crippen molar-refractivity contribution in [2.45, 2.75) is 44.6 Å². The van der Waals surface area contributed by atoms with Gasteiger partial charge in [-0.15, -0.1) is 0 Å². The second-order valence-corrected chi connectivity index (χ2v) is 8.78. The fourth-order valence-electron chi connectivity index (χ4n) is 4.07. The van der Waals surface area contributed by atoms with Gasteiger partial charge in [-0.25, -0.2) is 13.2 Å². The maximum absolute atomic E-state index is 12.3. The Morgan fingerprint density at radius 2 is 1.95 bits per heavy atom. The fourth-order valence-corrected chi connectivity index (χ4v) is 5.93. The molecular weight excluding hydrogens is 276 g/mol. The van der Waals surface area contributed by atoms with Gasteiger partial charge in [0.2, 0.25) is 0 Å². The van der Waals surface area contributed by atoms with Gasteiger partial charge in [0.25, 0.3) is 0 Å². The molecule has 6 heteroatoms. The molecule has 2 aliphatic heterocycles. The van der Waals surface area contributed by atoms with Crippen LogP contribution in [0.5, 0.6) is 0 Å². The van der Waals surface area contributed by atoms with Crippen molar-refractivity contribution in [2.24, 2.45) is 11.8 Å². The Morgan fingerprint density at radius 1 is 1.15 bits per heavy atom. The molecule has 1 aliphatic carbocycles. The van der Waals surface area contributed by atoms with Crippen LogP contribution in [0, 0.1) is 11.8 Å². The number of piperidine rings is 1. The van der Waals surface area contributed by atoms with Gasteiger partial charge in [0.15, 0.2) is 9.84 Å². The van der Waals surface area contributed by atoms with E-state index in [2.05, 4.69) is 5.32 Å². The summed E-state index contributed by atoms with van der Waals surface area (Å²) in [6.07, 6.45) is 6.68. The molecule has 0 unspecified atom stereocenters. The zero-order valence-corrected chi connectivity index (χ0v) is 12.7. The summed E-state index contributed by atoms with van der Waals surface area (Å²) in [5.41, 5.74) is 0. The van der Waals surface area contributed by atoms with Crippen molar-refractivity contribution in [3.8, 4) is 0 Å². The highest BCUT2D eigenvalue weighted by molar-refractivity contribution is 7.91. The number of amides is 2. The van der Waals surface area contributed by atoms with Crippen molar-refractivity contribution < 1.29 is 13.2 Å². The lowest BCUT2D eigenvalue weighted by Crippen LogP contribution is -2.51. The number of urea groups is 1. The topological polar surface area (TPSA) is 66.5 Å². The third-order valence-electron chi connectivity index (χ3n) is 5.12. The number of hydrogen-bond acceptors (Lipinski definition) is 3. The lowest BCUT2D eigenvalue weighted by atomic mass is 9.92. The summed E-state index contributed by atoms with van der Waals surface area (Å²) in [5.74, 6) is 1.32. The lowest BCUT2D eigenvalue weighted by molar-refractivity contribution is 0.127. The van der Waals surface area contributed by atoms with E-state index in [-0.39, 0.29) is 23.5 Å². The first-order chi connectivity index (χ1) is 9.55. The van der Waals surface area contributed by atoms with Crippen LogP contribution in [-0.4, -0.2) is 50.0 Å². The SMILES string of the molecule is O=C(NC[C@@H]1CCS(=O)(=O)C1)N1CCC[C@H]2CCC[C@@H]21. The number of nitrogens with zero attached hydrogens (tertiary/aromatic N) is 1. The molecule has 0 spiro atoms. The molecule has 3 rings (SSSR count). The molecular formula is C14H24N2O3S. The minimum absolute atomic E-state index is 0.0193. The van der Waals surface area contributed by atoms with Crippen LogP contribution in [0.15, 0.2) is 0 Å². The molecule has 1 saturated carbocycles. The van der Waals surface area contributed by atoms with E-state index in [0.29, 0.717) is 24.9 Å². The summed E-state index contributed by atoms with van der Waals surface area (Å²) in [4.78, 5) is 14.3. The van der Waals surface area contributed by atoms with E-state index in [1.54, 1.807) is 0 Å². The third kappa shape index (κ3) is 2.95. The molecule has 5 nitrogen and oxygen atoms in total. The van der Waals surface area contributed by atoms with Crippen LogP contribution < -0.4 is 5.32 Å². The molecule has 3 atom stereocenters. The molecule has 0 aromatic carbocycles. The predicted octanol–water partition coefficient (Wildman–Crippen LogP) is 1.40. The molecule has 2 saturated heterocycles. The number of carbonyl (C=O) groups excluding carboxylic acids is 1. The number of likely N-dealkylation sites (tertiary alicyclic amines) is 1. The molecule has 2 amide bonds. The fraction of sp³-hybridized carbons (Fsp3) is 0.929. The quantitative estimate of drug-likeness (QED) is 0.838. The third-order valence-corrected chi connectivity index (χ3v) is 6.96. The smallest absolute Gasteiger partial charge is 0.317 e. The first-order valence-corrected chi connectivity index (χ1v) is 9.62. The first kappa shape index (κ1) is 14.2. The van der Waals surface area contributed by atoms with Crippen LogP contribution in [-0.2, 0) is 9.84 Å². The van der Waals surface area contributed by atoms with Crippen molar-refractivity contribution in [1.82, 2.24) is 10.2 Å².